The van der Waals surface area contributed by atoms with Gasteiger partial charge in [-0.25, -0.2) is 0 Å². The van der Waals surface area contributed by atoms with Crippen LogP contribution in [0, 0.1) is 24.2 Å². The molecule has 15 heavy (non-hydrogen) atoms. The number of aryl methyl sites for hydroxylation is 2. The van der Waals surface area contributed by atoms with Crippen molar-refractivity contribution in [3.05, 3.63) is 35.4 Å². The van der Waals surface area contributed by atoms with Crippen LogP contribution in [0.3, 0.4) is 0 Å². The maximum Gasteiger partial charge on any atom is 0.150 e. The second-order valence-electron chi connectivity index (χ2n) is 3.81. The fourth-order valence-corrected chi connectivity index (χ4v) is 1.42. The van der Waals surface area contributed by atoms with Crippen LogP contribution in [-0.2, 0) is 11.2 Å². The SMILES string of the molecule is Cc1cccc(CCC(=O)C(C)C#N)c1. The molecule has 0 amide bonds. The summed E-state index contributed by atoms with van der Waals surface area (Å²) in [7, 11) is 0. The van der Waals surface area contributed by atoms with Crippen LogP contribution in [0.5, 0.6) is 0 Å². The zero-order valence-electron chi connectivity index (χ0n) is 9.16. The van der Waals surface area contributed by atoms with Gasteiger partial charge in [-0.2, -0.15) is 5.26 Å². The van der Waals surface area contributed by atoms with Crippen LogP contribution in [0.1, 0.15) is 24.5 Å². The number of ketones is 1. The normalized spacial score (nSPS) is 11.8. The van der Waals surface area contributed by atoms with E-state index in [1.807, 2.05) is 31.2 Å². The molecule has 1 aromatic rings. The molecule has 0 spiro atoms. The third kappa shape index (κ3) is 3.55. The van der Waals surface area contributed by atoms with Crippen molar-refractivity contribution in [2.24, 2.45) is 5.92 Å². The summed E-state index contributed by atoms with van der Waals surface area (Å²) in [5, 5.41) is 8.58. The van der Waals surface area contributed by atoms with Crippen molar-refractivity contribution < 1.29 is 4.79 Å². The van der Waals surface area contributed by atoms with Crippen molar-refractivity contribution >= 4 is 5.78 Å². The van der Waals surface area contributed by atoms with Gasteiger partial charge in [0.1, 0.15) is 11.7 Å². The van der Waals surface area contributed by atoms with Crippen LogP contribution in [0.2, 0.25) is 0 Å². The van der Waals surface area contributed by atoms with Gasteiger partial charge in [0.15, 0.2) is 0 Å². The Kier molecular flexibility index (Phi) is 4.05. The molecule has 2 nitrogen and oxygen atoms in total. The van der Waals surface area contributed by atoms with E-state index in [4.69, 9.17) is 5.26 Å². The number of carbonyl (C=O) groups is 1. The number of nitriles is 1. The first-order chi connectivity index (χ1) is 7.13. The van der Waals surface area contributed by atoms with Crippen molar-refractivity contribution in [3.8, 4) is 6.07 Å². The summed E-state index contributed by atoms with van der Waals surface area (Å²) in [6, 6.07) is 10.1. The van der Waals surface area contributed by atoms with Gasteiger partial charge in [0.25, 0.3) is 0 Å². The third-order valence-electron chi connectivity index (χ3n) is 2.42. The summed E-state index contributed by atoms with van der Waals surface area (Å²) in [4.78, 5) is 11.4. The van der Waals surface area contributed by atoms with Crippen molar-refractivity contribution in [1.82, 2.24) is 0 Å². The molecule has 1 atom stereocenters. The Hall–Kier alpha value is -1.62. The number of benzene rings is 1. The monoisotopic (exact) mass is 201 g/mol. The van der Waals surface area contributed by atoms with Crippen molar-refractivity contribution in [3.63, 3.8) is 0 Å². The van der Waals surface area contributed by atoms with E-state index in [0.29, 0.717) is 6.42 Å². The number of hydrogen-bond acceptors (Lipinski definition) is 2. The molecule has 0 bridgehead atoms. The van der Waals surface area contributed by atoms with Crippen LogP contribution in [0.25, 0.3) is 0 Å². The van der Waals surface area contributed by atoms with E-state index in [1.54, 1.807) is 6.92 Å². The van der Waals surface area contributed by atoms with E-state index >= 15 is 0 Å². The first-order valence-corrected chi connectivity index (χ1v) is 5.11. The summed E-state index contributed by atoms with van der Waals surface area (Å²) >= 11 is 0. The van der Waals surface area contributed by atoms with Crippen molar-refractivity contribution in [1.29, 1.82) is 5.26 Å². The highest BCUT2D eigenvalue weighted by Gasteiger charge is 2.10. The summed E-state index contributed by atoms with van der Waals surface area (Å²) < 4.78 is 0. The van der Waals surface area contributed by atoms with Crippen LogP contribution in [0.15, 0.2) is 24.3 Å². The predicted molar refractivity (Wildman–Crippen MR) is 59.3 cm³/mol. The van der Waals surface area contributed by atoms with Gasteiger partial charge in [-0.15, -0.1) is 0 Å². The van der Waals surface area contributed by atoms with Crippen LogP contribution < -0.4 is 0 Å². The van der Waals surface area contributed by atoms with Gasteiger partial charge in [-0.1, -0.05) is 29.8 Å². The molecule has 0 radical (unpaired) electrons. The average Bonchev–Trinajstić information content (AvgIpc) is 2.25. The molecule has 0 fully saturated rings. The number of Topliss-reactive ketones (excluding diaryl/α,β-unsaturated/α-hetero) is 1. The fourth-order valence-electron chi connectivity index (χ4n) is 1.42. The van der Waals surface area contributed by atoms with Gasteiger partial charge in [-0.3, -0.25) is 4.79 Å². The molecule has 0 heterocycles. The maximum absolute atomic E-state index is 11.4. The predicted octanol–water partition coefficient (Wildman–Crippen LogP) is 2.66. The summed E-state index contributed by atoms with van der Waals surface area (Å²) in [6.45, 7) is 3.68. The topological polar surface area (TPSA) is 40.9 Å². The van der Waals surface area contributed by atoms with Crippen LogP contribution >= 0.6 is 0 Å². The number of nitrogens with zero attached hydrogens (tertiary/aromatic N) is 1. The molecule has 2 heteroatoms. The van der Waals surface area contributed by atoms with Gasteiger partial charge in [0.05, 0.1) is 6.07 Å². The second-order valence-corrected chi connectivity index (χ2v) is 3.81. The lowest BCUT2D eigenvalue weighted by molar-refractivity contribution is -0.120. The van der Waals surface area contributed by atoms with Crippen LogP contribution in [-0.4, -0.2) is 5.78 Å². The minimum Gasteiger partial charge on any atom is -0.298 e. The zero-order chi connectivity index (χ0) is 11.3. The summed E-state index contributed by atoms with van der Waals surface area (Å²) in [6.07, 6.45) is 1.19. The second kappa shape index (κ2) is 5.31. The number of hydrogen-bond donors (Lipinski definition) is 0. The largest absolute Gasteiger partial charge is 0.298 e. The maximum atomic E-state index is 11.4. The Balaban J connectivity index is 2.51. The van der Waals surface area contributed by atoms with Gasteiger partial charge in [0, 0.05) is 6.42 Å². The molecule has 1 unspecified atom stereocenters. The Labute approximate surface area is 90.5 Å². The number of rotatable bonds is 4. The highest BCUT2D eigenvalue weighted by Crippen LogP contribution is 2.09. The first-order valence-electron chi connectivity index (χ1n) is 5.11. The van der Waals surface area contributed by atoms with E-state index in [1.165, 1.54) is 5.56 Å². The standard InChI is InChI=1S/C13H15NO/c1-10-4-3-5-12(8-10)6-7-13(15)11(2)9-14/h3-5,8,11H,6-7H2,1-2H3. The quantitative estimate of drug-likeness (QED) is 0.751. The minimum absolute atomic E-state index is 0.0269. The molecule has 1 aromatic carbocycles. The molecule has 78 valence electrons. The molecule has 1 rings (SSSR count). The molecule has 0 aromatic heterocycles. The first kappa shape index (κ1) is 11.5. The number of carbonyl (C=O) groups excluding carboxylic acids is 1. The van der Waals surface area contributed by atoms with Gasteiger partial charge in [0.2, 0.25) is 0 Å². The molecule has 0 saturated heterocycles. The molecule has 0 aliphatic rings. The highest BCUT2D eigenvalue weighted by molar-refractivity contribution is 5.83. The highest BCUT2D eigenvalue weighted by atomic mass is 16.1. The average molecular weight is 201 g/mol. The van der Waals surface area contributed by atoms with E-state index in [2.05, 4.69) is 6.07 Å². The molecular formula is C13H15NO. The molecule has 0 aliphatic heterocycles. The smallest absolute Gasteiger partial charge is 0.150 e. The summed E-state index contributed by atoms with van der Waals surface area (Å²) in [5.74, 6) is -0.450. The third-order valence-corrected chi connectivity index (χ3v) is 2.42. The Morgan fingerprint density at radius 3 is 2.87 bits per heavy atom. The van der Waals surface area contributed by atoms with E-state index < -0.39 is 5.92 Å². The summed E-state index contributed by atoms with van der Waals surface area (Å²) in [5.41, 5.74) is 2.36. The Morgan fingerprint density at radius 2 is 2.27 bits per heavy atom. The van der Waals surface area contributed by atoms with Gasteiger partial charge >= 0.3 is 0 Å². The van der Waals surface area contributed by atoms with Gasteiger partial charge < -0.3 is 0 Å². The molecule has 0 N–H and O–H groups in total. The molecule has 0 saturated carbocycles. The lowest BCUT2D eigenvalue weighted by Crippen LogP contribution is -2.09. The van der Waals surface area contributed by atoms with Crippen molar-refractivity contribution in [2.75, 3.05) is 0 Å². The van der Waals surface area contributed by atoms with E-state index in [-0.39, 0.29) is 5.78 Å². The fraction of sp³-hybridized carbons (Fsp3) is 0.385. The Bertz CT molecular complexity index is 390. The van der Waals surface area contributed by atoms with Gasteiger partial charge in [-0.05, 0) is 25.8 Å². The molecule has 0 aliphatic carbocycles. The molecular weight excluding hydrogens is 186 g/mol. The lowest BCUT2D eigenvalue weighted by atomic mass is 10.00. The lowest BCUT2D eigenvalue weighted by Gasteiger charge is -2.03. The van der Waals surface area contributed by atoms with E-state index in [9.17, 15) is 4.79 Å². The van der Waals surface area contributed by atoms with E-state index in [0.717, 1.165) is 12.0 Å². The van der Waals surface area contributed by atoms with Crippen molar-refractivity contribution in [2.45, 2.75) is 26.7 Å². The minimum atomic E-state index is -0.477. The zero-order valence-corrected chi connectivity index (χ0v) is 9.16. The Morgan fingerprint density at radius 1 is 1.53 bits per heavy atom. The van der Waals surface area contributed by atoms with Crippen LogP contribution in [0.4, 0.5) is 0 Å².